The van der Waals surface area contributed by atoms with E-state index >= 15 is 0 Å². The van der Waals surface area contributed by atoms with Gasteiger partial charge in [0.05, 0.1) is 24.1 Å². The molecular weight excluding hydrogens is 274 g/mol. The number of hydrogen-bond donors (Lipinski definition) is 0. The van der Waals surface area contributed by atoms with Gasteiger partial charge in [-0.2, -0.15) is 0 Å². The standard InChI is InChI=1S/C13H15ClF2N2O/c1-8(2)19-6-5-18-11(7-14)17-10-4-3-9(15)12(16)13(10)18/h3-4,8H,5-7H2,1-2H3. The Morgan fingerprint density at radius 3 is 2.74 bits per heavy atom. The third-order valence-electron chi connectivity index (χ3n) is 2.76. The Balaban J connectivity index is 2.41. The average Bonchev–Trinajstić information content (AvgIpc) is 2.72. The van der Waals surface area contributed by atoms with Gasteiger partial charge in [-0.3, -0.25) is 0 Å². The van der Waals surface area contributed by atoms with Crippen LogP contribution in [0.2, 0.25) is 0 Å². The van der Waals surface area contributed by atoms with E-state index in [0.29, 0.717) is 24.5 Å². The molecule has 0 fully saturated rings. The van der Waals surface area contributed by atoms with Crippen molar-refractivity contribution in [3.63, 3.8) is 0 Å². The van der Waals surface area contributed by atoms with Crippen molar-refractivity contribution in [3.05, 3.63) is 29.6 Å². The SMILES string of the molecule is CC(C)OCCn1c(CCl)nc2ccc(F)c(F)c21. The maximum Gasteiger partial charge on any atom is 0.184 e. The second kappa shape index (κ2) is 5.84. The van der Waals surface area contributed by atoms with Crippen LogP contribution in [-0.2, 0) is 17.2 Å². The first-order chi connectivity index (χ1) is 9.04. The van der Waals surface area contributed by atoms with Crippen LogP contribution in [0.25, 0.3) is 11.0 Å². The minimum Gasteiger partial charge on any atom is -0.377 e. The minimum atomic E-state index is -0.897. The number of alkyl halides is 1. The van der Waals surface area contributed by atoms with Gasteiger partial charge in [-0.1, -0.05) is 0 Å². The molecule has 1 aromatic carbocycles. The zero-order valence-corrected chi connectivity index (χ0v) is 11.5. The van der Waals surface area contributed by atoms with Crippen molar-refractivity contribution < 1.29 is 13.5 Å². The maximum absolute atomic E-state index is 13.9. The second-order valence-corrected chi connectivity index (χ2v) is 4.73. The first-order valence-electron chi connectivity index (χ1n) is 6.05. The maximum atomic E-state index is 13.9. The van der Waals surface area contributed by atoms with Crippen molar-refractivity contribution in [1.29, 1.82) is 0 Å². The summed E-state index contributed by atoms with van der Waals surface area (Å²) in [7, 11) is 0. The quantitative estimate of drug-likeness (QED) is 0.788. The molecule has 0 atom stereocenters. The van der Waals surface area contributed by atoms with Crippen LogP contribution in [0.3, 0.4) is 0 Å². The molecule has 2 aromatic rings. The minimum absolute atomic E-state index is 0.0795. The molecule has 0 spiro atoms. The van der Waals surface area contributed by atoms with Gasteiger partial charge in [0.1, 0.15) is 11.3 Å². The molecule has 19 heavy (non-hydrogen) atoms. The highest BCUT2D eigenvalue weighted by molar-refractivity contribution is 6.16. The molecule has 0 bridgehead atoms. The zero-order valence-electron chi connectivity index (χ0n) is 10.8. The summed E-state index contributed by atoms with van der Waals surface area (Å²) >= 11 is 5.80. The molecule has 1 heterocycles. The summed E-state index contributed by atoms with van der Waals surface area (Å²) in [6, 6.07) is 2.52. The van der Waals surface area contributed by atoms with E-state index in [2.05, 4.69) is 4.98 Å². The summed E-state index contributed by atoms with van der Waals surface area (Å²) in [6.07, 6.45) is 0.0795. The van der Waals surface area contributed by atoms with Gasteiger partial charge < -0.3 is 9.30 Å². The van der Waals surface area contributed by atoms with Crippen molar-refractivity contribution >= 4 is 22.6 Å². The molecule has 0 aliphatic heterocycles. The highest BCUT2D eigenvalue weighted by atomic mass is 35.5. The molecule has 0 N–H and O–H groups in total. The molecule has 0 amide bonds. The van der Waals surface area contributed by atoms with Gasteiger partial charge >= 0.3 is 0 Å². The van der Waals surface area contributed by atoms with Gasteiger partial charge in [-0.15, -0.1) is 11.6 Å². The Kier molecular flexibility index (Phi) is 4.37. The second-order valence-electron chi connectivity index (χ2n) is 4.46. The molecule has 0 unspecified atom stereocenters. The van der Waals surface area contributed by atoms with Gasteiger partial charge in [-0.05, 0) is 26.0 Å². The van der Waals surface area contributed by atoms with E-state index in [1.165, 1.54) is 6.07 Å². The van der Waals surface area contributed by atoms with Gasteiger partial charge in [0.15, 0.2) is 11.6 Å². The molecule has 0 aliphatic rings. The molecule has 3 nitrogen and oxygen atoms in total. The van der Waals surface area contributed by atoms with Crippen molar-refractivity contribution in [1.82, 2.24) is 9.55 Å². The van der Waals surface area contributed by atoms with Crippen LogP contribution in [-0.4, -0.2) is 22.3 Å². The van der Waals surface area contributed by atoms with Crippen LogP contribution in [0.15, 0.2) is 12.1 Å². The Morgan fingerprint density at radius 1 is 1.37 bits per heavy atom. The first-order valence-corrected chi connectivity index (χ1v) is 6.58. The van der Waals surface area contributed by atoms with E-state index < -0.39 is 11.6 Å². The fourth-order valence-electron chi connectivity index (χ4n) is 1.93. The zero-order chi connectivity index (χ0) is 14.0. The summed E-state index contributed by atoms with van der Waals surface area (Å²) < 4.78 is 34.2. The molecule has 104 valence electrons. The molecule has 0 radical (unpaired) electrons. The molecule has 0 saturated carbocycles. The highest BCUT2D eigenvalue weighted by Crippen LogP contribution is 2.22. The summed E-state index contributed by atoms with van der Waals surface area (Å²) in [4.78, 5) is 4.20. The van der Waals surface area contributed by atoms with E-state index in [1.807, 2.05) is 13.8 Å². The number of rotatable bonds is 5. The number of fused-ring (bicyclic) bond motifs is 1. The lowest BCUT2D eigenvalue weighted by atomic mass is 10.3. The van der Waals surface area contributed by atoms with E-state index in [4.69, 9.17) is 16.3 Å². The largest absolute Gasteiger partial charge is 0.377 e. The number of halogens is 3. The number of imidazole rings is 1. The van der Waals surface area contributed by atoms with Crippen molar-refractivity contribution in [2.45, 2.75) is 32.4 Å². The van der Waals surface area contributed by atoms with Crippen LogP contribution in [0.5, 0.6) is 0 Å². The summed E-state index contributed by atoms with van der Waals surface area (Å²) in [5, 5.41) is 0. The van der Waals surface area contributed by atoms with Gasteiger partial charge in [0, 0.05) is 6.54 Å². The van der Waals surface area contributed by atoms with E-state index in [-0.39, 0.29) is 17.5 Å². The third-order valence-corrected chi connectivity index (χ3v) is 3.00. The van der Waals surface area contributed by atoms with Gasteiger partial charge in [0.2, 0.25) is 0 Å². The third kappa shape index (κ3) is 2.87. The van der Waals surface area contributed by atoms with Crippen molar-refractivity contribution in [2.75, 3.05) is 6.61 Å². The average molecular weight is 289 g/mol. The van der Waals surface area contributed by atoms with Crippen LogP contribution >= 0.6 is 11.6 Å². The Labute approximate surface area is 115 Å². The Hall–Kier alpha value is -1.20. The predicted molar refractivity (Wildman–Crippen MR) is 70.3 cm³/mol. The Morgan fingerprint density at radius 2 is 2.11 bits per heavy atom. The number of nitrogens with zero attached hydrogens (tertiary/aromatic N) is 2. The molecule has 2 rings (SSSR count). The summed E-state index contributed by atoms with van der Waals surface area (Å²) in [5.74, 6) is -1.14. The molecular formula is C13H15ClF2N2O. The number of aromatic nitrogens is 2. The highest BCUT2D eigenvalue weighted by Gasteiger charge is 2.16. The fourth-order valence-corrected chi connectivity index (χ4v) is 2.13. The van der Waals surface area contributed by atoms with Crippen molar-refractivity contribution in [2.24, 2.45) is 0 Å². The fraction of sp³-hybridized carbons (Fsp3) is 0.462. The van der Waals surface area contributed by atoms with Gasteiger partial charge in [-0.25, -0.2) is 13.8 Å². The number of ether oxygens (including phenoxy) is 1. The van der Waals surface area contributed by atoms with Gasteiger partial charge in [0.25, 0.3) is 0 Å². The number of hydrogen-bond acceptors (Lipinski definition) is 2. The molecule has 1 aromatic heterocycles. The van der Waals surface area contributed by atoms with E-state index in [9.17, 15) is 8.78 Å². The van der Waals surface area contributed by atoms with E-state index in [1.54, 1.807) is 4.57 Å². The van der Waals surface area contributed by atoms with E-state index in [0.717, 1.165) is 6.07 Å². The summed E-state index contributed by atoms with van der Waals surface area (Å²) in [5.41, 5.74) is 0.544. The topological polar surface area (TPSA) is 27.1 Å². The van der Waals surface area contributed by atoms with Crippen LogP contribution < -0.4 is 0 Å². The molecule has 0 saturated heterocycles. The lowest BCUT2D eigenvalue weighted by Gasteiger charge is -2.11. The van der Waals surface area contributed by atoms with Crippen LogP contribution in [0, 0.1) is 11.6 Å². The Bertz CT molecular complexity index is 584. The summed E-state index contributed by atoms with van der Waals surface area (Å²) in [6.45, 7) is 4.60. The first kappa shape index (κ1) is 14.2. The predicted octanol–water partition coefficient (Wildman–Crippen LogP) is 3.48. The smallest absolute Gasteiger partial charge is 0.184 e. The lowest BCUT2D eigenvalue weighted by Crippen LogP contribution is -2.12. The van der Waals surface area contributed by atoms with Crippen molar-refractivity contribution in [3.8, 4) is 0 Å². The van der Waals surface area contributed by atoms with Crippen LogP contribution in [0.4, 0.5) is 8.78 Å². The monoisotopic (exact) mass is 288 g/mol. The van der Waals surface area contributed by atoms with Crippen LogP contribution in [0.1, 0.15) is 19.7 Å². The molecule has 6 heteroatoms. The number of benzene rings is 1. The lowest BCUT2D eigenvalue weighted by molar-refractivity contribution is 0.0729. The normalized spacial score (nSPS) is 11.7. The molecule has 0 aliphatic carbocycles.